The van der Waals surface area contributed by atoms with Gasteiger partial charge in [0.25, 0.3) is 0 Å². The molecule has 0 saturated heterocycles. The van der Waals surface area contributed by atoms with Crippen molar-refractivity contribution in [2.75, 3.05) is 6.61 Å². The highest BCUT2D eigenvalue weighted by molar-refractivity contribution is 9.10. The summed E-state index contributed by atoms with van der Waals surface area (Å²) >= 11 is 9.28. The van der Waals surface area contributed by atoms with Gasteiger partial charge >= 0.3 is 0 Å². The molecule has 0 fully saturated rings. The Hall–Kier alpha value is -1.16. The molecule has 0 saturated carbocycles. The van der Waals surface area contributed by atoms with Crippen molar-refractivity contribution in [2.24, 2.45) is 0 Å². The quantitative estimate of drug-likeness (QED) is 0.750. The van der Waals surface area contributed by atoms with E-state index >= 15 is 0 Å². The lowest BCUT2D eigenvalue weighted by molar-refractivity contribution is 0.0725. The molecule has 0 atom stereocenters. The second-order valence-corrected chi connectivity index (χ2v) is 5.31. The Balaban J connectivity index is 1.90. The SMILES string of the molecule is O=C(COCc1ccccc1Br)c1cccc(Cl)c1. The molecule has 0 spiro atoms. The van der Waals surface area contributed by atoms with Gasteiger partial charge in [0.1, 0.15) is 6.61 Å². The molecular formula is C15H12BrClO2. The first-order chi connectivity index (χ1) is 9.16. The zero-order valence-electron chi connectivity index (χ0n) is 10.1. The second-order valence-electron chi connectivity index (χ2n) is 4.02. The van der Waals surface area contributed by atoms with Crippen LogP contribution in [0.5, 0.6) is 0 Å². The Morgan fingerprint density at radius 3 is 2.68 bits per heavy atom. The van der Waals surface area contributed by atoms with Crippen LogP contribution in [0.4, 0.5) is 0 Å². The topological polar surface area (TPSA) is 26.3 Å². The van der Waals surface area contributed by atoms with E-state index in [4.69, 9.17) is 16.3 Å². The third-order valence-corrected chi connectivity index (χ3v) is 3.60. The van der Waals surface area contributed by atoms with E-state index in [0.29, 0.717) is 17.2 Å². The summed E-state index contributed by atoms with van der Waals surface area (Å²) < 4.78 is 6.41. The van der Waals surface area contributed by atoms with Gasteiger partial charge in [0, 0.05) is 15.1 Å². The molecule has 0 aliphatic heterocycles. The van der Waals surface area contributed by atoms with Gasteiger partial charge in [-0.2, -0.15) is 0 Å². The zero-order chi connectivity index (χ0) is 13.7. The largest absolute Gasteiger partial charge is 0.369 e. The van der Waals surface area contributed by atoms with Gasteiger partial charge in [-0.3, -0.25) is 4.79 Å². The number of rotatable bonds is 5. The van der Waals surface area contributed by atoms with Gasteiger partial charge in [0.2, 0.25) is 0 Å². The molecule has 0 unspecified atom stereocenters. The normalized spacial score (nSPS) is 10.4. The summed E-state index contributed by atoms with van der Waals surface area (Å²) in [4.78, 5) is 11.9. The van der Waals surface area contributed by atoms with E-state index in [9.17, 15) is 4.79 Å². The zero-order valence-corrected chi connectivity index (χ0v) is 12.4. The van der Waals surface area contributed by atoms with Crippen molar-refractivity contribution in [3.05, 3.63) is 69.2 Å². The van der Waals surface area contributed by atoms with Crippen LogP contribution in [0.2, 0.25) is 5.02 Å². The van der Waals surface area contributed by atoms with E-state index in [1.807, 2.05) is 24.3 Å². The number of ether oxygens (including phenoxy) is 1. The van der Waals surface area contributed by atoms with E-state index in [1.165, 1.54) is 0 Å². The summed E-state index contributed by atoms with van der Waals surface area (Å²) in [7, 11) is 0. The molecule has 0 N–H and O–H groups in total. The molecule has 0 amide bonds. The predicted octanol–water partition coefficient (Wildman–Crippen LogP) is 4.50. The van der Waals surface area contributed by atoms with Crippen molar-refractivity contribution in [3.8, 4) is 0 Å². The summed E-state index contributed by atoms with van der Waals surface area (Å²) in [6, 6.07) is 14.6. The summed E-state index contributed by atoms with van der Waals surface area (Å²) in [6.45, 7) is 0.440. The van der Waals surface area contributed by atoms with Gasteiger partial charge in [-0.15, -0.1) is 0 Å². The highest BCUT2D eigenvalue weighted by Gasteiger charge is 2.07. The number of carbonyl (C=O) groups is 1. The van der Waals surface area contributed by atoms with Gasteiger partial charge < -0.3 is 4.74 Å². The minimum Gasteiger partial charge on any atom is -0.369 e. The van der Waals surface area contributed by atoms with Crippen LogP contribution in [0.15, 0.2) is 53.0 Å². The van der Waals surface area contributed by atoms with Crippen LogP contribution in [0, 0.1) is 0 Å². The van der Waals surface area contributed by atoms with Crippen molar-refractivity contribution in [1.82, 2.24) is 0 Å². The third kappa shape index (κ3) is 4.16. The second kappa shape index (κ2) is 6.85. The smallest absolute Gasteiger partial charge is 0.188 e. The lowest BCUT2D eigenvalue weighted by Crippen LogP contribution is -2.09. The first-order valence-electron chi connectivity index (χ1n) is 5.77. The number of hydrogen-bond acceptors (Lipinski definition) is 2. The fraction of sp³-hybridized carbons (Fsp3) is 0.133. The summed E-state index contributed by atoms with van der Waals surface area (Å²) in [5.41, 5.74) is 1.58. The molecule has 19 heavy (non-hydrogen) atoms. The minimum atomic E-state index is -0.0745. The average molecular weight is 340 g/mol. The Labute approximate surface area is 125 Å². The van der Waals surface area contributed by atoms with Gasteiger partial charge in [-0.25, -0.2) is 0 Å². The summed E-state index contributed by atoms with van der Waals surface area (Å²) in [6.07, 6.45) is 0. The first-order valence-corrected chi connectivity index (χ1v) is 6.94. The molecule has 0 radical (unpaired) electrons. The number of carbonyl (C=O) groups excluding carboxylic acids is 1. The molecule has 2 aromatic rings. The van der Waals surface area contributed by atoms with Crippen LogP contribution in [-0.4, -0.2) is 12.4 Å². The molecule has 0 heterocycles. The van der Waals surface area contributed by atoms with Gasteiger partial charge in [-0.05, 0) is 23.8 Å². The number of ketones is 1. The predicted molar refractivity (Wildman–Crippen MR) is 79.6 cm³/mol. The van der Waals surface area contributed by atoms with Crippen molar-refractivity contribution in [2.45, 2.75) is 6.61 Å². The molecule has 0 aliphatic rings. The Kier molecular flexibility index (Phi) is 5.14. The van der Waals surface area contributed by atoms with Gasteiger partial charge in [0.05, 0.1) is 6.61 Å². The molecule has 2 rings (SSSR count). The highest BCUT2D eigenvalue weighted by atomic mass is 79.9. The number of Topliss-reactive ketones (excluding diaryl/α,β-unsaturated/α-hetero) is 1. The van der Waals surface area contributed by atoms with E-state index < -0.39 is 0 Å². The van der Waals surface area contributed by atoms with E-state index in [1.54, 1.807) is 24.3 Å². The molecular weight excluding hydrogens is 328 g/mol. The number of benzene rings is 2. The van der Waals surface area contributed by atoms with Crippen molar-refractivity contribution < 1.29 is 9.53 Å². The van der Waals surface area contributed by atoms with Crippen LogP contribution in [0.1, 0.15) is 15.9 Å². The Morgan fingerprint density at radius 2 is 1.95 bits per heavy atom. The number of halogens is 2. The maximum atomic E-state index is 11.9. The molecule has 0 aliphatic carbocycles. The van der Waals surface area contributed by atoms with E-state index in [-0.39, 0.29) is 12.4 Å². The standard InChI is InChI=1S/C15H12BrClO2/c16-14-7-2-1-4-12(14)9-19-10-15(18)11-5-3-6-13(17)8-11/h1-8H,9-10H2. The fourth-order valence-corrected chi connectivity index (χ4v) is 2.20. The maximum Gasteiger partial charge on any atom is 0.188 e. The van der Waals surface area contributed by atoms with E-state index in [0.717, 1.165) is 10.0 Å². The molecule has 0 aromatic heterocycles. The summed E-state index contributed by atoms with van der Waals surface area (Å²) in [5, 5.41) is 0.552. The third-order valence-electron chi connectivity index (χ3n) is 2.60. The van der Waals surface area contributed by atoms with Gasteiger partial charge in [0.15, 0.2) is 5.78 Å². The van der Waals surface area contributed by atoms with Crippen molar-refractivity contribution in [3.63, 3.8) is 0 Å². The molecule has 98 valence electrons. The summed E-state index contributed by atoms with van der Waals surface area (Å²) in [5.74, 6) is -0.0745. The monoisotopic (exact) mass is 338 g/mol. The van der Waals surface area contributed by atoms with Crippen molar-refractivity contribution in [1.29, 1.82) is 0 Å². The number of hydrogen-bond donors (Lipinski definition) is 0. The van der Waals surface area contributed by atoms with Crippen LogP contribution in [0.25, 0.3) is 0 Å². The van der Waals surface area contributed by atoms with Crippen LogP contribution >= 0.6 is 27.5 Å². The lowest BCUT2D eigenvalue weighted by Gasteiger charge is -2.06. The van der Waals surface area contributed by atoms with Gasteiger partial charge in [-0.1, -0.05) is 57.9 Å². The average Bonchev–Trinajstić information content (AvgIpc) is 2.41. The maximum absolute atomic E-state index is 11.9. The first kappa shape index (κ1) is 14.3. The molecule has 2 aromatic carbocycles. The minimum absolute atomic E-state index is 0.0433. The lowest BCUT2D eigenvalue weighted by atomic mass is 10.1. The van der Waals surface area contributed by atoms with Crippen LogP contribution < -0.4 is 0 Å². The molecule has 0 bridgehead atoms. The molecule has 2 nitrogen and oxygen atoms in total. The highest BCUT2D eigenvalue weighted by Crippen LogP contribution is 2.17. The fourth-order valence-electron chi connectivity index (χ4n) is 1.61. The Bertz CT molecular complexity index is 584. The van der Waals surface area contributed by atoms with Crippen LogP contribution in [-0.2, 0) is 11.3 Å². The Morgan fingerprint density at radius 1 is 1.16 bits per heavy atom. The molecule has 4 heteroatoms. The van der Waals surface area contributed by atoms with Crippen molar-refractivity contribution >= 4 is 33.3 Å². The van der Waals surface area contributed by atoms with E-state index in [2.05, 4.69) is 15.9 Å². The van der Waals surface area contributed by atoms with Crippen LogP contribution in [0.3, 0.4) is 0 Å².